The van der Waals surface area contributed by atoms with Gasteiger partial charge in [0, 0.05) is 50.2 Å². The van der Waals surface area contributed by atoms with E-state index in [1.54, 1.807) is 17.5 Å². The van der Waals surface area contributed by atoms with Gasteiger partial charge in [0.05, 0.1) is 5.75 Å². The molecule has 0 radical (unpaired) electrons. The minimum Gasteiger partial charge on any atom is -0.355 e. The number of nitrogens with one attached hydrogen (secondary N) is 1. The monoisotopic (exact) mass is 408 g/mol. The van der Waals surface area contributed by atoms with Gasteiger partial charge < -0.3 is 10.2 Å². The van der Waals surface area contributed by atoms with Crippen LogP contribution in [0.3, 0.4) is 0 Å². The molecule has 0 spiro atoms. The summed E-state index contributed by atoms with van der Waals surface area (Å²) in [5.41, 5.74) is 0. The molecule has 0 bridgehead atoms. The quantitative estimate of drug-likeness (QED) is 0.713. The predicted molar refractivity (Wildman–Crippen MR) is 107 cm³/mol. The zero-order valence-corrected chi connectivity index (χ0v) is 16.7. The average molecular weight is 409 g/mol. The molecule has 1 aliphatic rings. The van der Waals surface area contributed by atoms with Crippen molar-refractivity contribution in [3.63, 3.8) is 0 Å². The molecule has 1 aliphatic heterocycles. The van der Waals surface area contributed by atoms with Crippen LogP contribution in [-0.2, 0) is 21.2 Å². The molecule has 0 atom stereocenters. The molecule has 146 valence electrons. The molecule has 1 amide bonds. The molecule has 0 saturated carbocycles. The smallest absolute Gasteiger partial charge is 0.220 e. The van der Waals surface area contributed by atoms with Crippen molar-refractivity contribution in [2.75, 3.05) is 43.4 Å². The Morgan fingerprint density at radius 1 is 1.15 bits per heavy atom. The maximum Gasteiger partial charge on any atom is 0.220 e. The zero-order valence-electron chi connectivity index (χ0n) is 15.1. The van der Waals surface area contributed by atoms with E-state index in [2.05, 4.69) is 15.2 Å². The molecule has 0 unspecified atom stereocenters. The number of aromatic nitrogens is 1. The summed E-state index contributed by atoms with van der Waals surface area (Å²) in [6.07, 6.45) is 2.80. The van der Waals surface area contributed by atoms with E-state index in [1.165, 1.54) is 4.31 Å². The molecule has 0 aliphatic carbocycles. The number of pyridine rings is 1. The summed E-state index contributed by atoms with van der Waals surface area (Å²) in [4.78, 5) is 19.4. The van der Waals surface area contributed by atoms with Crippen molar-refractivity contribution >= 4 is 33.1 Å². The normalized spacial score (nSPS) is 15.6. The fraction of sp³-hybridized carbons (Fsp3) is 0.444. The number of anilines is 1. The number of amides is 1. The fourth-order valence-corrected chi connectivity index (χ4v) is 5.01. The molecule has 1 N–H and O–H groups in total. The molecule has 2 aromatic rings. The fourth-order valence-electron chi connectivity index (χ4n) is 2.96. The van der Waals surface area contributed by atoms with Crippen LogP contribution in [0.1, 0.15) is 11.3 Å². The average Bonchev–Trinajstić information content (AvgIpc) is 3.21. The first-order valence-corrected chi connectivity index (χ1v) is 11.5. The van der Waals surface area contributed by atoms with Gasteiger partial charge in [0.2, 0.25) is 15.9 Å². The summed E-state index contributed by atoms with van der Waals surface area (Å²) in [6, 6.07) is 9.66. The van der Waals surface area contributed by atoms with Gasteiger partial charge in [0.1, 0.15) is 5.82 Å². The molecular formula is C18H24N4O3S2. The minimum atomic E-state index is -3.37. The second-order valence-electron chi connectivity index (χ2n) is 6.32. The van der Waals surface area contributed by atoms with E-state index in [9.17, 15) is 13.2 Å². The molecule has 3 rings (SSSR count). The molecule has 1 fully saturated rings. The van der Waals surface area contributed by atoms with Crippen molar-refractivity contribution in [1.82, 2.24) is 14.6 Å². The first-order valence-electron chi connectivity index (χ1n) is 8.97. The number of thiophene rings is 1. The third-order valence-electron chi connectivity index (χ3n) is 4.47. The second-order valence-corrected chi connectivity index (χ2v) is 9.44. The van der Waals surface area contributed by atoms with Gasteiger partial charge >= 0.3 is 0 Å². The highest BCUT2D eigenvalue weighted by molar-refractivity contribution is 7.89. The van der Waals surface area contributed by atoms with Crippen LogP contribution in [0.4, 0.5) is 5.82 Å². The topological polar surface area (TPSA) is 82.6 Å². The number of hydrogen-bond donors (Lipinski definition) is 1. The maximum absolute atomic E-state index is 12.5. The van der Waals surface area contributed by atoms with Gasteiger partial charge in [-0.1, -0.05) is 12.1 Å². The first-order chi connectivity index (χ1) is 13.0. The minimum absolute atomic E-state index is 0.0681. The number of carbonyl (C=O) groups is 1. The molecule has 2 aromatic heterocycles. The third-order valence-corrected chi connectivity index (χ3v) is 7.27. The van der Waals surface area contributed by atoms with Gasteiger partial charge in [0.15, 0.2) is 0 Å². The standard InChI is InChI=1S/C18H24N4O3S2/c23-18(7-6-16-4-3-14-26-16)20-9-15-27(24,25)22-12-10-21(11-13-22)17-5-1-2-8-19-17/h1-5,8,14H,6-7,9-13,15H2,(H,20,23). The summed E-state index contributed by atoms with van der Waals surface area (Å²) in [7, 11) is -3.37. The second kappa shape index (κ2) is 9.29. The Hall–Kier alpha value is -1.97. The van der Waals surface area contributed by atoms with Crippen LogP contribution in [0.2, 0.25) is 0 Å². The first kappa shape index (κ1) is 19.8. The van der Waals surface area contributed by atoms with Gasteiger partial charge in [-0.05, 0) is 30.0 Å². The number of rotatable bonds is 8. The lowest BCUT2D eigenvalue weighted by Crippen LogP contribution is -2.50. The van der Waals surface area contributed by atoms with E-state index < -0.39 is 10.0 Å². The van der Waals surface area contributed by atoms with Gasteiger partial charge in [-0.3, -0.25) is 4.79 Å². The van der Waals surface area contributed by atoms with Gasteiger partial charge in [-0.15, -0.1) is 11.3 Å². The van der Waals surface area contributed by atoms with E-state index >= 15 is 0 Å². The van der Waals surface area contributed by atoms with Crippen molar-refractivity contribution in [3.8, 4) is 0 Å². The third kappa shape index (κ3) is 5.75. The van der Waals surface area contributed by atoms with E-state index in [4.69, 9.17) is 0 Å². The number of sulfonamides is 1. The van der Waals surface area contributed by atoms with Crippen molar-refractivity contribution < 1.29 is 13.2 Å². The Bertz CT molecular complexity index is 818. The largest absolute Gasteiger partial charge is 0.355 e. The molecule has 0 aromatic carbocycles. The summed E-state index contributed by atoms with van der Waals surface area (Å²) in [5, 5.41) is 4.69. The van der Waals surface area contributed by atoms with Gasteiger partial charge in [-0.25, -0.2) is 13.4 Å². The van der Waals surface area contributed by atoms with Crippen LogP contribution in [0, 0.1) is 0 Å². The Labute approximate surface area is 164 Å². The lowest BCUT2D eigenvalue weighted by Gasteiger charge is -2.34. The predicted octanol–water partition coefficient (Wildman–Crippen LogP) is 1.34. The highest BCUT2D eigenvalue weighted by Gasteiger charge is 2.27. The zero-order chi connectivity index (χ0) is 19.1. The van der Waals surface area contributed by atoms with E-state index in [0.717, 1.165) is 10.7 Å². The Kier molecular flexibility index (Phi) is 6.81. The SMILES string of the molecule is O=C(CCc1cccs1)NCCS(=O)(=O)N1CCN(c2ccccn2)CC1. The summed E-state index contributed by atoms with van der Waals surface area (Å²) in [6.45, 7) is 2.25. The number of nitrogens with zero attached hydrogens (tertiary/aromatic N) is 3. The van der Waals surface area contributed by atoms with Gasteiger partial charge in [0.25, 0.3) is 0 Å². The van der Waals surface area contributed by atoms with Crippen LogP contribution in [0.15, 0.2) is 41.9 Å². The highest BCUT2D eigenvalue weighted by Crippen LogP contribution is 2.15. The Morgan fingerprint density at radius 2 is 1.96 bits per heavy atom. The summed E-state index contributed by atoms with van der Waals surface area (Å²) in [5.74, 6) is 0.688. The summed E-state index contributed by atoms with van der Waals surface area (Å²) < 4.78 is 26.5. The Balaban J connectivity index is 1.39. The maximum atomic E-state index is 12.5. The number of piperazine rings is 1. The van der Waals surface area contributed by atoms with Crippen molar-refractivity contribution in [1.29, 1.82) is 0 Å². The van der Waals surface area contributed by atoms with Crippen LogP contribution < -0.4 is 10.2 Å². The van der Waals surface area contributed by atoms with Crippen molar-refractivity contribution in [3.05, 3.63) is 46.8 Å². The van der Waals surface area contributed by atoms with Crippen LogP contribution in [0.5, 0.6) is 0 Å². The van der Waals surface area contributed by atoms with Crippen LogP contribution >= 0.6 is 11.3 Å². The molecule has 27 heavy (non-hydrogen) atoms. The van der Waals surface area contributed by atoms with E-state index in [1.807, 2.05) is 35.7 Å². The molecule has 7 nitrogen and oxygen atoms in total. The number of hydrogen-bond acceptors (Lipinski definition) is 6. The highest BCUT2D eigenvalue weighted by atomic mass is 32.2. The Morgan fingerprint density at radius 3 is 2.63 bits per heavy atom. The lowest BCUT2D eigenvalue weighted by molar-refractivity contribution is -0.120. The molecule has 9 heteroatoms. The van der Waals surface area contributed by atoms with Gasteiger partial charge in [-0.2, -0.15) is 4.31 Å². The summed E-state index contributed by atoms with van der Waals surface area (Å²) >= 11 is 1.62. The lowest BCUT2D eigenvalue weighted by atomic mass is 10.2. The van der Waals surface area contributed by atoms with Crippen LogP contribution in [0.25, 0.3) is 0 Å². The molecule has 3 heterocycles. The van der Waals surface area contributed by atoms with Crippen molar-refractivity contribution in [2.45, 2.75) is 12.8 Å². The number of carbonyl (C=O) groups excluding carboxylic acids is 1. The van der Waals surface area contributed by atoms with E-state index in [0.29, 0.717) is 39.0 Å². The molecular weight excluding hydrogens is 384 g/mol. The van der Waals surface area contributed by atoms with Crippen LogP contribution in [-0.4, -0.2) is 62.1 Å². The van der Waals surface area contributed by atoms with Crippen molar-refractivity contribution in [2.24, 2.45) is 0 Å². The van der Waals surface area contributed by atoms with E-state index in [-0.39, 0.29) is 18.2 Å². The number of aryl methyl sites for hydroxylation is 1. The molecule has 1 saturated heterocycles.